The van der Waals surface area contributed by atoms with E-state index in [9.17, 15) is 19.1 Å². The number of ether oxygens (including phenoxy) is 2. The SMILES string of the molecule is N#CC1(C(O)c2ccccc2OC(F)F)CC2CCC1O2. The number of benzene rings is 1. The van der Waals surface area contributed by atoms with Gasteiger partial charge in [-0.05, 0) is 25.3 Å². The van der Waals surface area contributed by atoms with E-state index in [1.807, 2.05) is 0 Å². The summed E-state index contributed by atoms with van der Waals surface area (Å²) in [4.78, 5) is 0. The summed E-state index contributed by atoms with van der Waals surface area (Å²) in [5, 5.41) is 20.2. The van der Waals surface area contributed by atoms with Gasteiger partial charge in [0.15, 0.2) is 0 Å². The molecule has 4 unspecified atom stereocenters. The monoisotopic (exact) mass is 295 g/mol. The Bertz CT molecular complexity index is 574. The predicted molar refractivity (Wildman–Crippen MR) is 68.6 cm³/mol. The first-order valence-corrected chi connectivity index (χ1v) is 6.85. The molecule has 0 saturated carbocycles. The molecule has 21 heavy (non-hydrogen) atoms. The van der Waals surface area contributed by atoms with Gasteiger partial charge in [-0.3, -0.25) is 0 Å². The number of aliphatic hydroxyl groups excluding tert-OH is 1. The predicted octanol–water partition coefficient (Wildman–Crippen LogP) is 2.78. The van der Waals surface area contributed by atoms with Gasteiger partial charge in [-0.1, -0.05) is 18.2 Å². The van der Waals surface area contributed by atoms with Crippen LogP contribution in [0.3, 0.4) is 0 Å². The molecule has 2 fully saturated rings. The van der Waals surface area contributed by atoms with Crippen molar-refractivity contribution < 1.29 is 23.4 Å². The number of fused-ring (bicyclic) bond motifs is 2. The molecule has 2 aliphatic heterocycles. The minimum absolute atomic E-state index is 0.0347. The molecule has 2 saturated heterocycles. The van der Waals surface area contributed by atoms with Crippen LogP contribution in [0.5, 0.6) is 5.75 Å². The highest BCUT2D eigenvalue weighted by atomic mass is 19.3. The fraction of sp³-hybridized carbons (Fsp3) is 0.533. The van der Waals surface area contributed by atoms with Crippen molar-refractivity contribution in [2.24, 2.45) is 5.41 Å². The third-order valence-corrected chi connectivity index (χ3v) is 4.37. The van der Waals surface area contributed by atoms with Crippen LogP contribution in [-0.4, -0.2) is 23.9 Å². The molecular weight excluding hydrogens is 280 g/mol. The molecule has 3 rings (SSSR count). The molecule has 0 aromatic heterocycles. The molecule has 0 radical (unpaired) electrons. The van der Waals surface area contributed by atoms with Crippen molar-refractivity contribution in [1.29, 1.82) is 5.26 Å². The number of aliphatic hydroxyl groups is 1. The third kappa shape index (κ3) is 2.27. The molecule has 112 valence electrons. The summed E-state index contributed by atoms with van der Waals surface area (Å²) < 4.78 is 35.1. The Morgan fingerprint density at radius 1 is 1.38 bits per heavy atom. The van der Waals surface area contributed by atoms with Gasteiger partial charge < -0.3 is 14.6 Å². The zero-order valence-electron chi connectivity index (χ0n) is 11.2. The van der Waals surface area contributed by atoms with Gasteiger partial charge in [0.25, 0.3) is 0 Å². The first kappa shape index (κ1) is 14.2. The number of alkyl halides is 2. The van der Waals surface area contributed by atoms with E-state index in [4.69, 9.17) is 4.74 Å². The van der Waals surface area contributed by atoms with Crippen molar-refractivity contribution >= 4 is 0 Å². The summed E-state index contributed by atoms with van der Waals surface area (Å²) in [6.07, 6.45) is 0.379. The van der Waals surface area contributed by atoms with Crippen molar-refractivity contribution in [3.05, 3.63) is 29.8 Å². The van der Waals surface area contributed by atoms with E-state index < -0.39 is 18.1 Å². The second kappa shape index (κ2) is 5.24. The molecule has 2 heterocycles. The van der Waals surface area contributed by atoms with Crippen LogP contribution in [0.15, 0.2) is 24.3 Å². The van der Waals surface area contributed by atoms with E-state index in [-0.39, 0.29) is 23.5 Å². The van der Waals surface area contributed by atoms with Crippen LogP contribution < -0.4 is 4.74 Å². The van der Waals surface area contributed by atoms with E-state index >= 15 is 0 Å². The largest absolute Gasteiger partial charge is 0.434 e. The van der Waals surface area contributed by atoms with Crippen molar-refractivity contribution in [2.45, 2.75) is 44.2 Å². The molecule has 2 aliphatic rings. The standard InChI is InChI=1S/C15H15F2NO3/c16-14(17)21-11-4-2-1-3-10(11)13(19)15(8-18)7-9-5-6-12(15)20-9/h1-4,9,12-14,19H,5-7H2. The molecular formula is C15H15F2NO3. The minimum atomic E-state index is -2.98. The van der Waals surface area contributed by atoms with Crippen molar-refractivity contribution in [2.75, 3.05) is 0 Å². The van der Waals surface area contributed by atoms with E-state index in [2.05, 4.69) is 10.8 Å². The molecule has 1 aromatic rings. The first-order valence-electron chi connectivity index (χ1n) is 6.85. The Labute approximate surface area is 120 Å². The van der Waals surface area contributed by atoms with Crippen LogP contribution in [0, 0.1) is 16.7 Å². The lowest BCUT2D eigenvalue weighted by Gasteiger charge is -2.33. The lowest BCUT2D eigenvalue weighted by atomic mass is 9.69. The van der Waals surface area contributed by atoms with Gasteiger partial charge in [0.1, 0.15) is 17.3 Å². The number of para-hydroxylation sites is 1. The quantitative estimate of drug-likeness (QED) is 0.927. The van der Waals surface area contributed by atoms with E-state index in [0.29, 0.717) is 12.8 Å². The summed E-state index contributed by atoms with van der Waals surface area (Å²) in [7, 11) is 0. The summed E-state index contributed by atoms with van der Waals surface area (Å²) in [5.74, 6) is -0.0996. The Hall–Kier alpha value is -1.71. The fourth-order valence-corrected chi connectivity index (χ4v) is 3.40. The van der Waals surface area contributed by atoms with Crippen molar-refractivity contribution in [1.82, 2.24) is 0 Å². The maximum atomic E-state index is 12.5. The molecule has 1 aromatic carbocycles. The number of nitrogens with zero attached hydrogens (tertiary/aromatic N) is 1. The van der Waals surface area contributed by atoms with Gasteiger partial charge in [-0.25, -0.2) is 0 Å². The molecule has 2 bridgehead atoms. The van der Waals surface area contributed by atoms with Crippen LogP contribution in [0.25, 0.3) is 0 Å². The zero-order chi connectivity index (χ0) is 15.0. The van der Waals surface area contributed by atoms with Crippen LogP contribution >= 0.6 is 0 Å². The number of hydrogen-bond acceptors (Lipinski definition) is 4. The fourth-order valence-electron chi connectivity index (χ4n) is 3.40. The summed E-state index contributed by atoms with van der Waals surface area (Å²) >= 11 is 0. The van der Waals surface area contributed by atoms with Gasteiger partial charge in [0.2, 0.25) is 0 Å². The van der Waals surface area contributed by atoms with Crippen LogP contribution in [0.2, 0.25) is 0 Å². The van der Waals surface area contributed by atoms with E-state index in [1.54, 1.807) is 12.1 Å². The Kier molecular flexibility index (Phi) is 3.56. The molecule has 1 N–H and O–H groups in total. The lowest BCUT2D eigenvalue weighted by molar-refractivity contribution is -0.0543. The highest BCUT2D eigenvalue weighted by molar-refractivity contribution is 5.38. The van der Waals surface area contributed by atoms with E-state index in [0.717, 1.165) is 6.42 Å². The zero-order valence-corrected chi connectivity index (χ0v) is 11.2. The number of nitriles is 1. The summed E-state index contributed by atoms with van der Waals surface area (Å²) in [6.45, 7) is -2.98. The van der Waals surface area contributed by atoms with Crippen molar-refractivity contribution in [3.8, 4) is 11.8 Å². The average molecular weight is 295 g/mol. The summed E-state index contributed by atoms with van der Waals surface area (Å²) in [5.41, 5.74) is -0.889. The van der Waals surface area contributed by atoms with Crippen molar-refractivity contribution in [3.63, 3.8) is 0 Å². The molecule has 0 spiro atoms. The number of rotatable bonds is 4. The maximum Gasteiger partial charge on any atom is 0.387 e. The summed E-state index contributed by atoms with van der Waals surface area (Å²) in [6, 6.07) is 8.21. The first-order chi connectivity index (χ1) is 10.1. The van der Waals surface area contributed by atoms with E-state index in [1.165, 1.54) is 12.1 Å². The second-order valence-electron chi connectivity index (χ2n) is 5.50. The molecule has 4 nitrogen and oxygen atoms in total. The van der Waals surface area contributed by atoms with Crippen LogP contribution in [0.4, 0.5) is 8.78 Å². The average Bonchev–Trinajstić information content (AvgIpc) is 3.07. The third-order valence-electron chi connectivity index (χ3n) is 4.37. The normalized spacial score (nSPS) is 32.1. The van der Waals surface area contributed by atoms with Crippen LogP contribution in [0.1, 0.15) is 30.9 Å². The molecule has 6 heteroatoms. The van der Waals surface area contributed by atoms with Gasteiger partial charge in [0.05, 0.1) is 18.3 Å². The second-order valence-corrected chi connectivity index (χ2v) is 5.50. The van der Waals surface area contributed by atoms with Gasteiger partial charge in [0, 0.05) is 5.56 Å². The smallest absolute Gasteiger partial charge is 0.387 e. The van der Waals surface area contributed by atoms with Crippen LogP contribution in [-0.2, 0) is 4.74 Å². The Morgan fingerprint density at radius 3 is 2.71 bits per heavy atom. The minimum Gasteiger partial charge on any atom is -0.434 e. The van der Waals surface area contributed by atoms with Gasteiger partial charge in [-0.15, -0.1) is 0 Å². The molecule has 4 atom stereocenters. The highest BCUT2D eigenvalue weighted by Gasteiger charge is 2.57. The topological polar surface area (TPSA) is 62.5 Å². The lowest BCUT2D eigenvalue weighted by Crippen LogP contribution is -2.37. The van der Waals surface area contributed by atoms with Gasteiger partial charge >= 0.3 is 6.61 Å². The Morgan fingerprint density at radius 2 is 2.14 bits per heavy atom. The molecule has 0 aliphatic carbocycles. The molecule has 0 amide bonds. The number of hydrogen-bond donors (Lipinski definition) is 1. The maximum absolute atomic E-state index is 12.5. The van der Waals surface area contributed by atoms with Gasteiger partial charge in [-0.2, -0.15) is 14.0 Å². The Balaban J connectivity index is 1.95. The number of halogens is 2. The highest BCUT2D eigenvalue weighted by Crippen LogP contribution is 2.54.